The maximum absolute atomic E-state index is 12.9. The Bertz CT molecular complexity index is 1050. The Morgan fingerprint density at radius 3 is 2.57 bits per heavy atom. The second-order valence-corrected chi connectivity index (χ2v) is 7.19. The highest BCUT2D eigenvalue weighted by molar-refractivity contribution is 6.00. The summed E-state index contributed by atoms with van der Waals surface area (Å²) < 4.78 is 38.6. The second kappa shape index (κ2) is 6.30. The van der Waals surface area contributed by atoms with Crippen molar-refractivity contribution in [3.63, 3.8) is 0 Å². The summed E-state index contributed by atoms with van der Waals surface area (Å²) in [6.45, 7) is 2.72. The van der Waals surface area contributed by atoms with E-state index in [1.165, 1.54) is 6.07 Å². The molecular formula is C19H17F3N4O2. The van der Waals surface area contributed by atoms with E-state index in [1.807, 2.05) is 4.90 Å². The lowest BCUT2D eigenvalue weighted by molar-refractivity contribution is -0.137. The van der Waals surface area contributed by atoms with E-state index in [0.717, 1.165) is 6.07 Å². The van der Waals surface area contributed by atoms with Gasteiger partial charge in [-0.05, 0) is 37.6 Å². The number of phenolic OH excluding ortho intramolecular Hbond substituents is 1. The molecule has 0 spiro atoms. The third-order valence-electron chi connectivity index (χ3n) is 4.89. The van der Waals surface area contributed by atoms with Gasteiger partial charge in [-0.1, -0.05) is 0 Å². The lowest BCUT2D eigenvalue weighted by atomic mass is 10.0. The zero-order chi connectivity index (χ0) is 20.1. The molecule has 1 saturated heterocycles. The van der Waals surface area contributed by atoms with Gasteiger partial charge < -0.3 is 15.1 Å². The van der Waals surface area contributed by atoms with E-state index in [0.29, 0.717) is 42.2 Å². The number of aromatic hydroxyl groups is 1. The Hall–Kier alpha value is -2.94. The van der Waals surface area contributed by atoms with Crippen molar-refractivity contribution < 1.29 is 23.4 Å². The number of aromatic nitrogens is 3. The van der Waals surface area contributed by atoms with Crippen LogP contribution in [0, 0.1) is 0 Å². The average Bonchev–Trinajstić information content (AvgIpc) is 3.00. The average molecular weight is 390 g/mol. The van der Waals surface area contributed by atoms with Crippen LogP contribution < -0.4 is 4.90 Å². The molecule has 4 rings (SSSR count). The molecule has 2 aromatic heterocycles. The first-order valence-electron chi connectivity index (χ1n) is 8.64. The number of alkyl halides is 3. The molecule has 1 unspecified atom stereocenters. The number of rotatable bonds is 2. The smallest absolute Gasteiger partial charge is 0.416 e. The minimum Gasteiger partial charge on any atom is -0.507 e. The molecule has 1 aromatic carbocycles. The molecule has 9 heteroatoms. The number of halogens is 3. The molecule has 0 radical (unpaired) electrons. The van der Waals surface area contributed by atoms with Crippen molar-refractivity contribution in [1.82, 2.24) is 15.2 Å². The summed E-state index contributed by atoms with van der Waals surface area (Å²) in [5.74, 6) is 0.00937. The predicted octanol–water partition coefficient (Wildman–Crippen LogP) is 3.38. The Labute approximate surface area is 158 Å². The monoisotopic (exact) mass is 390 g/mol. The molecule has 0 saturated carbocycles. The van der Waals surface area contributed by atoms with Crippen molar-refractivity contribution in [1.29, 1.82) is 0 Å². The van der Waals surface area contributed by atoms with Gasteiger partial charge in [0.25, 0.3) is 0 Å². The van der Waals surface area contributed by atoms with Crippen molar-refractivity contribution in [3.8, 4) is 17.0 Å². The number of anilines is 1. The maximum Gasteiger partial charge on any atom is 0.416 e. The molecule has 1 aliphatic heterocycles. The minimum atomic E-state index is -4.55. The van der Waals surface area contributed by atoms with E-state index in [4.69, 9.17) is 0 Å². The van der Waals surface area contributed by atoms with Crippen LogP contribution in [0.5, 0.6) is 5.75 Å². The van der Waals surface area contributed by atoms with Gasteiger partial charge >= 0.3 is 6.18 Å². The SMILES string of the molecule is CC1(O)CCN(c2nnc(-c3ccc(C(F)(F)F)cc3O)c3ccncc23)C1. The Morgan fingerprint density at radius 1 is 1.14 bits per heavy atom. The number of aliphatic hydroxyl groups is 1. The largest absolute Gasteiger partial charge is 0.507 e. The number of hydrogen-bond donors (Lipinski definition) is 2. The van der Waals surface area contributed by atoms with Gasteiger partial charge in [-0.25, -0.2) is 0 Å². The third kappa shape index (κ3) is 3.22. The highest BCUT2D eigenvalue weighted by atomic mass is 19.4. The zero-order valence-electron chi connectivity index (χ0n) is 14.9. The summed E-state index contributed by atoms with van der Waals surface area (Å²) in [6.07, 6.45) is -0.836. The van der Waals surface area contributed by atoms with Crippen molar-refractivity contribution in [3.05, 3.63) is 42.2 Å². The molecule has 146 valence electrons. The van der Waals surface area contributed by atoms with Crippen LogP contribution in [-0.2, 0) is 6.18 Å². The van der Waals surface area contributed by atoms with Crippen molar-refractivity contribution in [2.75, 3.05) is 18.0 Å². The van der Waals surface area contributed by atoms with E-state index in [9.17, 15) is 23.4 Å². The predicted molar refractivity (Wildman–Crippen MR) is 96.9 cm³/mol. The van der Waals surface area contributed by atoms with Crippen molar-refractivity contribution >= 4 is 16.6 Å². The van der Waals surface area contributed by atoms with Crippen LogP contribution in [0.2, 0.25) is 0 Å². The fourth-order valence-electron chi connectivity index (χ4n) is 3.45. The summed E-state index contributed by atoms with van der Waals surface area (Å²) in [6, 6.07) is 4.43. The zero-order valence-corrected chi connectivity index (χ0v) is 14.9. The van der Waals surface area contributed by atoms with Crippen molar-refractivity contribution in [2.45, 2.75) is 25.1 Å². The number of pyridine rings is 1. The van der Waals surface area contributed by atoms with Crippen LogP contribution in [0.3, 0.4) is 0 Å². The van der Waals surface area contributed by atoms with Crippen LogP contribution in [-0.4, -0.2) is 44.1 Å². The van der Waals surface area contributed by atoms with Crippen LogP contribution in [0.25, 0.3) is 22.0 Å². The Balaban J connectivity index is 1.83. The van der Waals surface area contributed by atoms with Crippen LogP contribution in [0.4, 0.5) is 19.0 Å². The number of hydrogen-bond acceptors (Lipinski definition) is 6. The lowest BCUT2D eigenvalue weighted by Gasteiger charge is -2.21. The molecule has 3 heterocycles. The van der Waals surface area contributed by atoms with Crippen LogP contribution in [0.15, 0.2) is 36.7 Å². The molecule has 1 atom stereocenters. The van der Waals surface area contributed by atoms with Gasteiger partial charge in [-0.2, -0.15) is 13.2 Å². The van der Waals surface area contributed by atoms with Gasteiger partial charge in [0.05, 0.1) is 11.2 Å². The number of benzene rings is 1. The van der Waals surface area contributed by atoms with Crippen LogP contribution >= 0.6 is 0 Å². The number of nitrogens with zero attached hydrogens (tertiary/aromatic N) is 4. The van der Waals surface area contributed by atoms with E-state index in [-0.39, 0.29) is 11.3 Å². The van der Waals surface area contributed by atoms with E-state index in [1.54, 1.807) is 25.4 Å². The fraction of sp³-hybridized carbons (Fsp3) is 0.316. The summed E-state index contributed by atoms with van der Waals surface area (Å²) in [5, 5.41) is 30.1. The Morgan fingerprint density at radius 2 is 1.93 bits per heavy atom. The number of fused-ring (bicyclic) bond motifs is 1. The molecule has 2 N–H and O–H groups in total. The standard InChI is InChI=1S/C19H17F3N4O2/c1-18(28)5-7-26(10-18)17-14-9-23-6-4-12(14)16(24-25-17)13-3-2-11(8-15(13)27)19(20,21)22/h2-4,6,8-9,27-28H,5,7,10H2,1H3. The summed E-state index contributed by atoms with van der Waals surface area (Å²) >= 11 is 0. The highest BCUT2D eigenvalue weighted by Gasteiger charge is 2.34. The van der Waals surface area contributed by atoms with Crippen LogP contribution in [0.1, 0.15) is 18.9 Å². The minimum absolute atomic E-state index is 0.150. The van der Waals surface area contributed by atoms with Gasteiger partial charge in [0.1, 0.15) is 11.4 Å². The van der Waals surface area contributed by atoms with E-state index in [2.05, 4.69) is 15.2 Å². The first-order chi connectivity index (χ1) is 13.2. The molecule has 28 heavy (non-hydrogen) atoms. The first-order valence-corrected chi connectivity index (χ1v) is 8.64. The first kappa shape index (κ1) is 18.4. The molecular weight excluding hydrogens is 373 g/mol. The summed E-state index contributed by atoms with van der Waals surface area (Å²) in [7, 11) is 0. The maximum atomic E-state index is 12.9. The molecule has 0 bridgehead atoms. The van der Waals surface area contributed by atoms with Gasteiger partial charge in [0.2, 0.25) is 0 Å². The molecule has 1 fully saturated rings. The fourth-order valence-corrected chi connectivity index (χ4v) is 3.45. The Kier molecular flexibility index (Phi) is 4.15. The molecule has 3 aromatic rings. The highest BCUT2D eigenvalue weighted by Crippen LogP contribution is 2.39. The lowest BCUT2D eigenvalue weighted by Crippen LogP contribution is -2.30. The molecule has 0 amide bonds. The topological polar surface area (TPSA) is 82.4 Å². The van der Waals surface area contributed by atoms with Crippen molar-refractivity contribution in [2.24, 2.45) is 0 Å². The number of phenols is 1. The van der Waals surface area contributed by atoms with Gasteiger partial charge in [0, 0.05) is 41.8 Å². The quantitative estimate of drug-likeness (QED) is 0.698. The van der Waals surface area contributed by atoms with Gasteiger partial charge in [-0.3, -0.25) is 4.98 Å². The third-order valence-corrected chi connectivity index (χ3v) is 4.89. The molecule has 1 aliphatic rings. The van der Waals surface area contributed by atoms with Gasteiger partial charge in [-0.15, -0.1) is 10.2 Å². The second-order valence-electron chi connectivity index (χ2n) is 7.19. The van der Waals surface area contributed by atoms with Gasteiger partial charge in [0.15, 0.2) is 5.82 Å². The van der Waals surface area contributed by atoms with E-state index >= 15 is 0 Å². The molecule has 6 nitrogen and oxygen atoms in total. The van der Waals surface area contributed by atoms with E-state index < -0.39 is 23.1 Å². The normalized spacial score (nSPS) is 20.1. The summed E-state index contributed by atoms with van der Waals surface area (Å²) in [5.41, 5.74) is -1.36. The summed E-state index contributed by atoms with van der Waals surface area (Å²) in [4.78, 5) is 6.01. The number of β-amino-alcohol motifs (C(OH)–C–C–N with tert-alkyl or cyclic N) is 1. The molecule has 0 aliphatic carbocycles.